The van der Waals surface area contributed by atoms with E-state index in [1.807, 2.05) is 19.9 Å². The molecule has 1 aliphatic heterocycles. The van der Waals surface area contributed by atoms with Crippen LogP contribution in [0.5, 0.6) is 0 Å². The predicted molar refractivity (Wildman–Crippen MR) is 86.1 cm³/mol. The molecule has 0 fully saturated rings. The van der Waals surface area contributed by atoms with E-state index in [0.717, 1.165) is 54.4 Å². The van der Waals surface area contributed by atoms with Crippen LogP contribution in [0.3, 0.4) is 0 Å². The zero-order valence-corrected chi connectivity index (χ0v) is 13.8. The lowest BCUT2D eigenvalue weighted by molar-refractivity contribution is 0.0927. The molecule has 118 valence electrons. The molecule has 5 nitrogen and oxygen atoms in total. The van der Waals surface area contributed by atoms with Gasteiger partial charge in [0.25, 0.3) is 5.91 Å². The number of fused-ring (bicyclic) bond motifs is 1. The van der Waals surface area contributed by atoms with E-state index in [0.29, 0.717) is 0 Å². The third kappa shape index (κ3) is 2.56. The van der Waals surface area contributed by atoms with Crippen molar-refractivity contribution in [3.05, 3.63) is 40.7 Å². The van der Waals surface area contributed by atoms with Crippen LogP contribution < -0.4 is 5.32 Å². The number of aryl methyl sites for hydroxylation is 3. The van der Waals surface area contributed by atoms with Gasteiger partial charge in [0.2, 0.25) is 0 Å². The molecular weight excluding hydrogens is 276 g/mol. The lowest BCUT2D eigenvalue weighted by Gasteiger charge is -2.24. The van der Waals surface area contributed by atoms with Crippen molar-refractivity contribution in [1.82, 2.24) is 19.4 Å². The molecule has 0 spiro atoms. The number of hydrogen-bond acceptors (Lipinski definition) is 2. The van der Waals surface area contributed by atoms with E-state index in [1.54, 1.807) is 0 Å². The first-order valence-corrected chi connectivity index (χ1v) is 7.99. The Bertz CT molecular complexity index is 711. The summed E-state index contributed by atoms with van der Waals surface area (Å²) in [5, 5.41) is 3.19. The predicted octanol–water partition coefficient (Wildman–Crippen LogP) is 2.37. The van der Waals surface area contributed by atoms with Gasteiger partial charge in [-0.3, -0.25) is 4.79 Å². The minimum absolute atomic E-state index is 0.0399. The summed E-state index contributed by atoms with van der Waals surface area (Å²) in [6.45, 7) is 9.89. The Balaban J connectivity index is 1.73. The van der Waals surface area contributed by atoms with E-state index in [9.17, 15) is 4.79 Å². The van der Waals surface area contributed by atoms with Crippen molar-refractivity contribution in [3.63, 3.8) is 0 Å². The molecule has 3 heterocycles. The van der Waals surface area contributed by atoms with Gasteiger partial charge in [-0.25, -0.2) is 4.98 Å². The first kappa shape index (κ1) is 14.9. The molecule has 0 saturated carbocycles. The minimum Gasteiger partial charge on any atom is -0.349 e. The molecule has 0 bridgehead atoms. The first-order chi connectivity index (χ1) is 10.5. The normalized spacial score (nSPS) is 17.4. The van der Waals surface area contributed by atoms with E-state index in [4.69, 9.17) is 0 Å². The molecule has 1 N–H and O–H groups in total. The van der Waals surface area contributed by atoms with Crippen molar-refractivity contribution < 1.29 is 4.79 Å². The molecule has 3 rings (SSSR count). The minimum atomic E-state index is 0.0399. The Morgan fingerprint density at radius 2 is 2.18 bits per heavy atom. The molecule has 2 aromatic heterocycles. The highest BCUT2D eigenvalue weighted by atomic mass is 16.1. The summed E-state index contributed by atoms with van der Waals surface area (Å²) in [7, 11) is 0. The summed E-state index contributed by atoms with van der Waals surface area (Å²) < 4.78 is 4.34. The van der Waals surface area contributed by atoms with Crippen molar-refractivity contribution in [2.24, 2.45) is 0 Å². The van der Waals surface area contributed by atoms with Crippen LogP contribution in [0.4, 0.5) is 0 Å². The van der Waals surface area contributed by atoms with Gasteiger partial charge in [0, 0.05) is 43.1 Å². The largest absolute Gasteiger partial charge is 0.349 e. The second-order valence-electron chi connectivity index (χ2n) is 6.19. The average molecular weight is 300 g/mol. The van der Waals surface area contributed by atoms with Crippen LogP contribution in [-0.2, 0) is 19.5 Å². The van der Waals surface area contributed by atoms with Crippen molar-refractivity contribution in [3.8, 4) is 0 Å². The van der Waals surface area contributed by atoms with Gasteiger partial charge in [-0.2, -0.15) is 0 Å². The standard InChI is InChI=1S/C17H24N4O/c1-5-21-12(3)8-15(13(21)4)17(22)19-14-6-7-16-18-11(2)9-20(16)10-14/h8-9,14H,5-7,10H2,1-4H3,(H,19,22). The van der Waals surface area contributed by atoms with Crippen molar-refractivity contribution in [1.29, 1.82) is 0 Å². The summed E-state index contributed by atoms with van der Waals surface area (Å²) in [5.74, 6) is 1.17. The van der Waals surface area contributed by atoms with E-state index in [2.05, 4.69) is 39.5 Å². The van der Waals surface area contributed by atoms with Crippen LogP contribution in [0.2, 0.25) is 0 Å². The van der Waals surface area contributed by atoms with Crippen LogP contribution in [0.1, 0.15) is 46.6 Å². The molecule has 5 heteroatoms. The number of nitrogens with zero attached hydrogens (tertiary/aromatic N) is 3. The van der Waals surface area contributed by atoms with Crippen LogP contribution in [0, 0.1) is 20.8 Å². The first-order valence-electron chi connectivity index (χ1n) is 7.99. The van der Waals surface area contributed by atoms with Gasteiger partial charge >= 0.3 is 0 Å². The zero-order valence-electron chi connectivity index (χ0n) is 13.8. The topological polar surface area (TPSA) is 51.9 Å². The van der Waals surface area contributed by atoms with Crippen LogP contribution in [0.15, 0.2) is 12.3 Å². The van der Waals surface area contributed by atoms with Crippen LogP contribution in [0.25, 0.3) is 0 Å². The average Bonchev–Trinajstić information content (AvgIpc) is 2.97. The summed E-state index contributed by atoms with van der Waals surface area (Å²) >= 11 is 0. The maximum atomic E-state index is 12.6. The Morgan fingerprint density at radius 1 is 1.41 bits per heavy atom. The Kier molecular flexibility index (Phi) is 3.81. The number of carbonyl (C=O) groups is 1. The number of carbonyl (C=O) groups excluding carboxylic acids is 1. The highest BCUT2D eigenvalue weighted by Gasteiger charge is 2.23. The zero-order chi connectivity index (χ0) is 15.9. The van der Waals surface area contributed by atoms with Crippen molar-refractivity contribution in [2.45, 2.75) is 59.7 Å². The van der Waals surface area contributed by atoms with Gasteiger partial charge in [-0.1, -0.05) is 0 Å². The third-order valence-corrected chi connectivity index (χ3v) is 4.58. The molecule has 0 aliphatic carbocycles. The number of amides is 1. The van der Waals surface area contributed by atoms with E-state index in [-0.39, 0.29) is 11.9 Å². The maximum absolute atomic E-state index is 12.6. The molecule has 0 radical (unpaired) electrons. The summed E-state index contributed by atoms with van der Waals surface area (Å²) in [5.41, 5.74) is 4.04. The third-order valence-electron chi connectivity index (χ3n) is 4.58. The highest BCUT2D eigenvalue weighted by molar-refractivity contribution is 5.95. The van der Waals surface area contributed by atoms with Crippen LogP contribution >= 0.6 is 0 Å². The molecule has 1 atom stereocenters. The second-order valence-corrected chi connectivity index (χ2v) is 6.19. The lowest BCUT2D eigenvalue weighted by Crippen LogP contribution is -2.41. The summed E-state index contributed by atoms with van der Waals surface area (Å²) in [6, 6.07) is 2.17. The van der Waals surface area contributed by atoms with Crippen molar-refractivity contribution in [2.75, 3.05) is 0 Å². The fourth-order valence-electron chi connectivity index (χ4n) is 3.48. The molecule has 0 saturated heterocycles. The Labute approximate surface area is 131 Å². The summed E-state index contributed by atoms with van der Waals surface area (Å²) in [4.78, 5) is 17.1. The molecule has 1 unspecified atom stereocenters. The Hall–Kier alpha value is -2.04. The molecular formula is C17H24N4O. The number of aromatic nitrogens is 3. The van der Waals surface area contributed by atoms with E-state index >= 15 is 0 Å². The van der Waals surface area contributed by atoms with Gasteiger partial charge in [0.15, 0.2) is 0 Å². The van der Waals surface area contributed by atoms with E-state index < -0.39 is 0 Å². The molecule has 22 heavy (non-hydrogen) atoms. The van der Waals surface area contributed by atoms with Gasteiger partial charge in [-0.15, -0.1) is 0 Å². The van der Waals surface area contributed by atoms with Gasteiger partial charge in [0.1, 0.15) is 5.82 Å². The van der Waals surface area contributed by atoms with Crippen LogP contribution in [-0.4, -0.2) is 26.1 Å². The molecule has 2 aromatic rings. The van der Waals surface area contributed by atoms with Gasteiger partial charge in [-0.05, 0) is 40.2 Å². The van der Waals surface area contributed by atoms with E-state index in [1.165, 1.54) is 0 Å². The number of hydrogen-bond donors (Lipinski definition) is 1. The quantitative estimate of drug-likeness (QED) is 0.946. The number of nitrogens with one attached hydrogen (secondary N) is 1. The fraction of sp³-hybridized carbons (Fsp3) is 0.529. The van der Waals surface area contributed by atoms with Gasteiger partial charge in [0.05, 0.1) is 11.3 Å². The molecule has 1 aliphatic rings. The van der Waals surface area contributed by atoms with Crippen molar-refractivity contribution >= 4 is 5.91 Å². The fourth-order valence-corrected chi connectivity index (χ4v) is 3.48. The maximum Gasteiger partial charge on any atom is 0.253 e. The van der Waals surface area contributed by atoms with Gasteiger partial charge < -0.3 is 14.5 Å². The molecule has 1 amide bonds. The monoisotopic (exact) mass is 300 g/mol. The smallest absolute Gasteiger partial charge is 0.253 e. The lowest BCUT2D eigenvalue weighted by atomic mass is 10.1. The molecule has 0 aromatic carbocycles. The summed E-state index contributed by atoms with van der Waals surface area (Å²) in [6.07, 6.45) is 3.94. The second kappa shape index (κ2) is 5.63. The number of imidazole rings is 1. The Morgan fingerprint density at radius 3 is 2.86 bits per heavy atom. The SMILES string of the molecule is CCn1c(C)cc(C(=O)NC2CCc3nc(C)cn3C2)c1C. The number of rotatable bonds is 3. The highest BCUT2D eigenvalue weighted by Crippen LogP contribution is 2.18.